The molecule has 10 heteroatoms. The van der Waals surface area contributed by atoms with Crippen LogP contribution in [0.4, 0.5) is 19.0 Å². The zero-order chi connectivity index (χ0) is 26.1. The Bertz CT molecular complexity index is 1200. The number of aromatic nitrogens is 3. The number of benzene rings is 1. The molecule has 0 saturated carbocycles. The van der Waals surface area contributed by atoms with Crippen molar-refractivity contribution in [1.29, 1.82) is 0 Å². The first-order valence-electron chi connectivity index (χ1n) is 12.4. The van der Waals surface area contributed by atoms with Crippen molar-refractivity contribution in [3.05, 3.63) is 58.4 Å². The predicted molar refractivity (Wildman–Crippen MR) is 137 cm³/mol. The van der Waals surface area contributed by atoms with E-state index in [4.69, 9.17) is 19.2 Å². The molecular formula is C26H35F3N4O2Si. The van der Waals surface area contributed by atoms with E-state index < -0.39 is 20.8 Å². The molecule has 196 valence electrons. The number of halogens is 3. The smallest absolute Gasteiger partial charge is 0.416 e. The van der Waals surface area contributed by atoms with E-state index in [2.05, 4.69) is 32.2 Å². The van der Waals surface area contributed by atoms with Crippen molar-refractivity contribution < 1.29 is 22.3 Å². The molecule has 1 aromatic carbocycles. The molecule has 1 saturated heterocycles. The van der Waals surface area contributed by atoms with Gasteiger partial charge in [0.25, 0.3) is 0 Å². The first-order valence-corrected chi connectivity index (χ1v) is 14.6. The molecule has 3 aromatic rings. The summed E-state index contributed by atoms with van der Waals surface area (Å²) < 4.78 is 54.2. The number of alkyl halides is 3. The van der Waals surface area contributed by atoms with E-state index in [1.807, 2.05) is 12.1 Å². The van der Waals surface area contributed by atoms with Crippen LogP contribution in [-0.4, -0.2) is 56.5 Å². The summed E-state index contributed by atoms with van der Waals surface area (Å²) in [5, 5.41) is 5.01. The van der Waals surface area contributed by atoms with Crippen molar-refractivity contribution in [2.24, 2.45) is 0 Å². The summed E-state index contributed by atoms with van der Waals surface area (Å²) in [4.78, 5) is 6.98. The van der Waals surface area contributed by atoms with E-state index in [-0.39, 0.29) is 10.6 Å². The van der Waals surface area contributed by atoms with Crippen molar-refractivity contribution in [2.45, 2.75) is 58.3 Å². The Balaban J connectivity index is 1.71. The maximum Gasteiger partial charge on any atom is 0.416 e. The first kappa shape index (κ1) is 26.6. The molecule has 1 aliphatic rings. The molecule has 6 nitrogen and oxygen atoms in total. The molecule has 1 fully saturated rings. The molecule has 0 N–H and O–H groups in total. The van der Waals surface area contributed by atoms with Crippen LogP contribution in [0.25, 0.3) is 5.65 Å². The second-order valence-electron chi connectivity index (χ2n) is 10.5. The third-order valence-electron chi connectivity index (χ3n) is 7.01. The van der Waals surface area contributed by atoms with Gasteiger partial charge < -0.3 is 14.1 Å². The molecular weight excluding hydrogens is 485 g/mol. The van der Waals surface area contributed by atoms with E-state index in [1.54, 1.807) is 10.6 Å². The minimum Gasteiger partial charge on any atom is -0.419 e. The number of morpholine rings is 1. The van der Waals surface area contributed by atoms with Gasteiger partial charge in [-0.15, -0.1) is 5.10 Å². The van der Waals surface area contributed by atoms with Gasteiger partial charge >= 0.3 is 6.18 Å². The average molecular weight is 521 g/mol. The van der Waals surface area contributed by atoms with Gasteiger partial charge in [0.05, 0.1) is 30.2 Å². The molecule has 1 unspecified atom stereocenters. The van der Waals surface area contributed by atoms with Crippen molar-refractivity contribution in [2.75, 3.05) is 37.8 Å². The molecule has 2 aromatic heterocycles. The fourth-order valence-electron chi connectivity index (χ4n) is 4.30. The Kier molecular flexibility index (Phi) is 7.77. The maximum absolute atomic E-state index is 13.6. The highest BCUT2D eigenvalue weighted by Gasteiger charge is 2.33. The second kappa shape index (κ2) is 10.5. The van der Waals surface area contributed by atoms with E-state index in [0.29, 0.717) is 43.9 Å². The van der Waals surface area contributed by atoms with Gasteiger partial charge in [-0.25, -0.2) is 9.50 Å². The molecule has 0 amide bonds. The molecule has 1 aliphatic heterocycles. The zero-order valence-corrected chi connectivity index (χ0v) is 22.8. The lowest BCUT2D eigenvalue weighted by Crippen LogP contribution is -2.37. The highest BCUT2D eigenvalue weighted by Crippen LogP contribution is 2.34. The number of rotatable bonds is 7. The highest BCUT2D eigenvalue weighted by atomic mass is 28.3. The molecule has 0 radical (unpaired) electrons. The molecule has 4 rings (SSSR count). The fourth-order valence-corrected chi connectivity index (χ4v) is 5.27. The maximum atomic E-state index is 13.6. The van der Waals surface area contributed by atoms with Gasteiger partial charge in [0.1, 0.15) is 5.82 Å². The van der Waals surface area contributed by atoms with Gasteiger partial charge in [-0.05, 0) is 47.8 Å². The van der Waals surface area contributed by atoms with Crippen LogP contribution in [0.1, 0.15) is 48.8 Å². The number of imidazole rings is 1. The number of fused-ring (bicyclic) bond motifs is 1. The van der Waals surface area contributed by atoms with Gasteiger partial charge in [-0.1, -0.05) is 32.9 Å². The topological polar surface area (TPSA) is 51.9 Å². The number of hydrogen-bond acceptors (Lipinski definition) is 5. The van der Waals surface area contributed by atoms with E-state index >= 15 is 0 Å². The number of ether oxygens (including phenoxy) is 1. The van der Waals surface area contributed by atoms with Crippen LogP contribution in [0.5, 0.6) is 0 Å². The van der Waals surface area contributed by atoms with Gasteiger partial charge in [-0.2, -0.15) is 13.2 Å². The quantitative estimate of drug-likeness (QED) is 0.401. The molecule has 36 heavy (non-hydrogen) atoms. The lowest BCUT2D eigenvalue weighted by molar-refractivity contribution is -0.138. The van der Waals surface area contributed by atoms with Crippen molar-refractivity contribution in [3.8, 4) is 0 Å². The Morgan fingerprint density at radius 1 is 1.08 bits per heavy atom. The zero-order valence-electron chi connectivity index (χ0n) is 21.7. The number of anilines is 1. The summed E-state index contributed by atoms with van der Waals surface area (Å²) in [6.07, 6.45) is -3.51. The molecule has 0 spiro atoms. The number of nitrogens with zero attached hydrogens (tertiary/aromatic N) is 4. The highest BCUT2D eigenvalue weighted by molar-refractivity contribution is 6.53. The first-order chi connectivity index (χ1) is 16.9. The molecule has 0 bridgehead atoms. The standard InChI is InChI=1S/C26H35F3N4O2Si/c1-18-19(7-6-8-20(18)26(27,28)29)17-22-21(11-14-35-36(5)25(2,3)4)30-23-9-10-24(31-33(22)23)32-12-15-34-16-13-32/h6-10,36H,11-17H2,1-5H3. The van der Waals surface area contributed by atoms with Crippen LogP contribution in [0, 0.1) is 6.92 Å². The Morgan fingerprint density at radius 3 is 2.47 bits per heavy atom. The predicted octanol–water partition coefficient (Wildman–Crippen LogP) is 5.20. The van der Waals surface area contributed by atoms with Crippen LogP contribution in [0.3, 0.4) is 0 Å². The van der Waals surface area contributed by atoms with Crippen LogP contribution in [-0.2, 0) is 28.2 Å². The second-order valence-corrected chi connectivity index (χ2v) is 13.8. The summed E-state index contributed by atoms with van der Waals surface area (Å²) in [5.41, 5.74) is 2.54. The summed E-state index contributed by atoms with van der Waals surface area (Å²) >= 11 is 0. The third kappa shape index (κ3) is 5.92. The van der Waals surface area contributed by atoms with Gasteiger partial charge in [-0.3, -0.25) is 0 Å². The lowest BCUT2D eigenvalue weighted by Gasteiger charge is -2.27. The Labute approximate surface area is 212 Å². The normalized spacial score (nSPS) is 16.1. The van der Waals surface area contributed by atoms with E-state index in [9.17, 15) is 13.2 Å². The van der Waals surface area contributed by atoms with Crippen molar-refractivity contribution >= 4 is 20.5 Å². The van der Waals surface area contributed by atoms with E-state index in [1.165, 1.54) is 13.0 Å². The minimum absolute atomic E-state index is 0.144. The minimum atomic E-state index is -4.40. The lowest BCUT2D eigenvalue weighted by atomic mass is 9.97. The SMILES string of the molecule is Cc1c(Cc2c(CCO[SiH](C)C(C)(C)C)nc3ccc(N4CCOCC4)nn23)cccc1C(F)(F)F. The van der Waals surface area contributed by atoms with Crippen molar-refractivity contribution in [3.63, 3.8) is 0 Å². The summed E-state index contributed by atoms with van der Waals surface area (Å²) in [7, 11) is -1.41. The fraction of sp³-hybridized carbons (Fsp3) is 0.538. The number of hydrogen-bond donors (Lipinski definition) is 0. The van der Waals surface area contributed by atoms with Crippen LogP contribution in [0.15, 0.2) is 30.3 Å². The Hall–Kier alpha value is -2.43. The van der Waals surface area contributed by atoms with Gasteiger partial charge in [0, 0.05) is 32.5 Å². The summed E-state index contributed by atoms with van der Waals surface area (Å²) in [6, 6.07) is 8.24. The summed E-state index contributed by atoms with van der Waals surface area (Å²) in [6.45, 7) is 13.6. The van der Waals surface area contributed by atoms with Gasteiger partial charge in [0.2, 0.25) is 0 Å². The molecule has 1 atom stereocenters. The third-order valence-corrected chi connectivity index (χ3v) is 10.2. The Morgan fingerprint density at radius 2 is 1.81 bits per heavy atom. The van der Waals surface area contributed by atoms with Gasteiger partial charge in [0.15, 0.2) is 14.7 Å². The van der Waals surface area contributed by atoms with E-state index in [0.717, 1.165) is 36.4 Å². The van der Waals surface area contributed by atoms with Crippen LogP contribution < -0.4 is 4.90 Å². The summed E-state index contributed by atoms with van der Waals surface area (Å²) in [5.74, 6) is 0.807. The van der Waals surface area contributed by atoms with Crippen LogP contribution >= 0.6 is 0 Å². The molecule has 0 aliphatic carbocycles. The largest absolute Gasteiger partial charge is 0.419 e. The van der Waals surface area contributed by atoms with Crippen LogP contribution in [0.2, 0.25) is 11.6 Å². The monoisotopic (exact) mass is 520 g/mol. The average Bonchev–Trinajstić information content (AvgIpc) is 3.16. The van der Waals surface area contributed by atoms with Crippen molar-refractivity contribution in [1.82, 2.24) is 14.6 Å². The molecule has 3 heterocycles.